The number of rotatable bonds is 4. The smallest absolute Gasteiger partial charge is 0.443 e. The number of nitrogens with zero attached hydrogens (tertiary/aromatic N) is 1. The monoisotopic (exact) mass is 294 g/mol. The van der Waals surface area contributed by atoms with Crippen LogP contribution in [-0.4, -0.2) is 28.5 Å². The second-order valence-electron chi connectivity index (χ2n) is 4.30. The molecule has 1 aliphatic rings. The van der Waals surface area contributed by atoms with Crippen molar-refractivity contribution in [3.8, 4) is 0 Å². The number of hydrogen-bond donors (Lipinski definition) is 2. The zero-order chi connectivity index (χ0) is 14.3. The Hall–Kier alpha value is -1.64. The van der Waals surface area contributed by atoms with Crippen molar-refractivity contribution in [2.45, 2.75) is 19.0 Å². The zero-order valence-electron chi connectivity index (χ0n) is 9.45. The minimum atomic E-state index is -4.58. The van der Waals surface area contributed by atoms with E-state index >= 15 is 0 Å². The van der Waals surface area contributed by atoms with Crippen LogP contribution in [0, 0.1) is 5.41 Å². The summed E-state index contributed by atoms with van der Waals surface area (Å²) in [5.74, 6) is -1.80. The van der Waals surface area contributed by atoms with Gasteiger partial charge in [0.25, 0.3) is 5.91 Å². The predicted molar refractivity (Wildman–Crippen MR) is 58.8 cm³/mol. The average molecular weight is 294 g/mol. The molecule has 0 atom stereocenters. The third kappa shape index (κ3) is 2.86. The van der Waals surface area contributed by atoms with E-state index in [0.29, 0.717) is 24.2 Å². The Labute approximate surface area is 109 Å². The summed E-state index contributed by atoms with van der Waals surface area (Å²) < 4.78 is 36.9. The molecule has 104 valence electrons. The lowest BCUT2D eigenvalue weighted by atomic mass is 10.1. The highest BCUT2D eigenvalue weighted by Gasteiger charge is 2.50. The molecule has 1 amide bonds. The van der Waals surface area contributed by atoms with Crippen LogP contribution in [0.5, 0.6) is 0 Å². The van der Waals surface area contributed by atoms with Crippen molar-refractivity contribution in [2.24, 2.45) is 5.41 Å². The van der Waals surface area contributed by atoms with E-state index in [1.165, 1.54) is 0 Å². The van der Waals surface area contributed by atoms with Gasteiger partial charge >= 0.3 is 12.1 Å². The summed E-state index contributed by atoms with van der Waals surface area (Å²) >= 11 is 0.327. The van der Waals surface area contributed by atoms with Gasteiger partial charge in [0.2, 0.25) is 0 Å². The van der Waals surface area contributed by atoms with Crippen molar-refractivity contribution in [1.82, 2.24) is 10.3 Å². The van der Waals surface area contributed by atoms with Crippen LogP contribution in [-0.2, 0) is 11.0 Å². The first-order chi connectivity index (χ1) is 8.74. The van der Waals surface area contributed by atoms with Gasteiger partial charge in [0, 0.05) is 11.9 Å². The molecule has 2 N–H and O–H groups in total. The number of halogens is 3. The maximum absolute atomic E-state index is 12.3. The number of aliphatic carboxylic acids is 1. The van der Waals surface area contributed by atoms with E-state index in [4.69, 9.17) is 5.11 Å². The van der Waals surface area contributed by atoms with Crippen LogP contribution >= 0.6 is 11.3 Å². The molecule has 0 spiro atoms. The van der Waals surface area contributed by atoms with E-state index in [1.807, 2.05) is 0 Å². The molecule has 1 aliphatic carbocycles. The summed E-state index contributed by atoms with van der Waals surface area (Å²) in [6.07, 6.45) is -3.68. The Kier molecular flexibility index (Phi) is 3.25. The molecule has 0 unspecified atom stereocenters. The number of carbonyl (C=O) groups is 2. The SMILES string of the molecule is O=C(NCC1(C(=O)O)CC1)c1csc(C(F)(F)F)n1. The number of carboxylic acid groups (broad SMARTS) is 1. The molecule has 0 bridgehead atoms. The summed E-state index contributed by atoms with van der Waals surface area (Å²) in [6, 6.07) is 0. The fourth-order valence-corrected chi connectivity index (χ4v) is 2.13. The maximum atomic E-state index is 12.3. The summed E-state index contributed by atoms with van der Waals surface area (Å²) in [5.41, 5.74) is -1.31. The maximum Gasteiger partial charge on any atom is 0.443 e. The quantitative estimate of drug-likeness (QED) is 0.886. The van der Waals surface area contributed by atoms with Gasteiger partial charge in [0.15, 0.2) is 5.01 Å². The first-order valence-corrected chi connectivity index (χ1v) is 6.17. The molecular weight excluding hydrogens is 285 g/mol. The number of alkyl halides is 3. The summed E-state index contributed by atoms with van der Waals surface area (Å²) in [4.78, 5) is 25.6. The molecule has 1 aromatic rings. The Morgan fingerprint density at radius 1 is 1.47 bits per heavy atom. The molecule has 1 heterocycles. The van der Waals surface area contributed by atoms with Gasteiger partial charge < -0.3 is 10.4 Å². The molecule has 1 aromatic heterocycles. The van der Waals surface area contributed by atoms with Crippen LogP contribution in [0.1, 0.15) is 28.3 Å². The van der Waals surface area contributed by atoms with Crippen LogP contribution in [0.25, 0.3) is 0 Å². The highest BCUT2D eigenvalue weighted by molar-refractivity contribution is 7.09. The minimum absolute atomic E-state index is 0.0972. The number of hydrogen-bond acceptors (Lipinski definition) is 4. The Bertz CT molecular complexity index is 522. The van der Waals surface area contributed by atoms with Gasteiger partial charge in [-0.15, -0.1) is 11.3 Å². The number of aromatic nitrogens is 1. The summed E-state index contributed by atoms with van der Waals surface area (Å²) in [6.45, 7) is -0.0972. The number of nitrogens with one attached hydrogen (secondary N) is 1. The van der Waals surface area contributed by atoms with Crippen molar-refractivity contribution in [3.05, 3.63) is 16.1 Å². The molecule has 9 heteroatoms. The van der Waals surface area contributed by atoms with Gasteiger partial charge in [0.05, 0.1) is 5.41 Å². The van der Waals surface area contributed by atoms with Crippen molar-refractivity contribution < 1.29 is 27.9 Å². The van der Waals surface area contributed by atoms with Gasteiger partial charge in [-0.2, -0.15) is 13.2 Å². The third-order valence-corrected chi connectivity index (χ3v) is 3.76. The molecule has 1 saturated carbocycles. The summed E-state index contributed by atoms with van der Waals surface area (Å²) in [5, 5.41) is 11.1. The molecule has 0 aromatic carbocycles. The van der Waals surface area contributed by atoms with Crippen molar-refractivity contribution in [2.75, 3.05) is 6.54 Å². The van der Waals surface area contributed by atoms with Gasteiger partial charge in [-0.3, -0.25) is 9.59 Å². The lowest BCUT2D eigenvalue weighted by Crippen LogP contribution is -2.34. The minimum Gasteiger partial charge on any atom is -0.481 e. The van der Waals surface area contributed by atoms with Crippen LogP contribution in [0.4, 0.5) is 13.2 Å². The molecule has 5 nitrogen and oxygen atoms in total. The zero-order valence-corrected chi connectivity index (χ0v) is 10.3. The largest absolute Gasteiger partial charge is 0.481 e. The van der Waals surface area contributed by atoms with Gasteiger partial charge in [0.1, 0.15) is 5.69 Å². The van der Waals surface area contributed by atoms with Crippen LogP contribution in [0.3, 0.4) is 0 Å². The molecule has 1 fully saturated rings. The third-order valence-electron chi connectivity index (χ3n) is 2.87. The van der Waals surface area contributed by atoms with E-state index in [2.05, 4.69) is 10.3 Å². The summed E-state index contributed by atoms with van der Waals surface area (Å²) in [7, 11) is 0. The molecule has 0 aliphatic heterocycles. The van der Waals surface area contributed by atoms with E-state index in [1.54, 1.807) is 0 Å². The second-order valence-corrected chi connectivity index (χ2v) is 5.16. The molecule has 0 saturated heterocycles. The number of carboxylic acids is 1. The lowest BCUT2D eigenvalue weighted by molar-refractivity contribution is -0.143. The second kappa shape index (κ2) is 4.48. The average Bonchev–Trinajstić information content (AvgIpc) is 2.92. The Morgan fingerprint density at radius 3 is 2.53 bits per heavy atom. The van der Waals surface area contributed by atoms with Crippen LogP contribution in [0.2, 0.25) is 0 Å². The fraction of sp³-hybridized carbons (Fsp3) is 0.500. The number of thiazole rings is 1. The first-order valence-electron chi connectivity index (χ1n) is 5.29. The van der Waals surface area contributed by atoms with Gasteiger partial charge in [-0.1, -0.05) is 0 Å². The van der Waals surface area contributed by atoms with Crippen molar-refractivity contribution in [3.63, 3.8) is 0 Å². The van der Waals surface area contributed by atoms with Crippen LogP contribution < -0.4 is 5.32 Å². The van der Waals surface area contributed by atoms with Crippen molar-refractivity contribution >= 4 is 23.2 Å². The van der Waals surface area contributed by atoms with E-state index < -0.39 is 28.5 Å². The molecule has 2 rings (SSSR count). The van der Waals surface area contributed by atoms with E-state index in [9.17, 15) is 22.8 Å². The van der Waals surface area contributed by atoms with Gasteiger partial charge in [-0.05, 0) is 12.8 Å². The van der Waals surface area contributed by atoms with Crippen molar-refractivity contribution in [1.29, 1.82) is 0 Å². The standard InChI is InChI=1S/C10H9F3N2O3S/c11-10(12,13)7-15-5(3-19-7)6(16)14-4-9(1-2-9)8(17)18/h3H,1-2,4H2,(H,14,16)(H,17,18). The van der Waals surface area contributed by atoms with E-state index in [-0.39, 0.29) is 12.2 Å². The number of carbonyl (C=O) groups excluding carboxylic acids is 1. The van der Waals surface area contributed by atoms with Gasteiger partial charge in [-0.25, -0.2) is 4.98 Å². The van der Waals surface area contributed by atoms with Crippen LogP contribution in [0.15, 0.2) is 5.38 Å². The van der Waals surface area contributed by atoms with E-state index in [0.717, 1.165) is 5.38 Å². The topological polar surface area (TPSA) is 79.3 Å². The molecular formula is C10H9F3N2O3S. The Morgan fingerprint density at radius 2 is 2.11 bits per heavy atom. The highest BCUT2D eigenvalue weighted by Crippen LogP contribution is 2.45. The first kappa shape index (κ1) is 13.8. The highest BCUT2D eigenvalue weighted by atomic mass is 32.1. The number of amides is 1. The predicted octanol–water partition coefficient (Wildman–Crippen LogP) is 1.76. The fourth-order valence-electron chi connectivity index (χ4n) is 1.47. The Balaban J connectivity index is 1.97. The molecule has 19 heavy (non-hydrogen) atoms. The lowest BCUT2D eigenvalue weighted by Gasteiger charge is -2.09. The molecule has 0 radical (unpaired) electrons. The normalized spacial score (nSPS) is 17.0.